The number of morpholine rings is 1. The predicted octanol–water partition coefficient (Wildman–Crippen LogP) is 2.64. The van der Waals surface area contributed by atoms with Crippen molar-refractivity contribution in [2.24, 2.45) is 0 Å². The zero-order valence-electron chi connectivity index (χ0n) is 12.0. The van der Waals surface area contributed by atoms with Crippen LogP contribution in [0.2, 0.25) is 5.02 Å². The van der Waals surface area contributed by atoms with Crippen molar-refractivity contribution in [2.75, 3.05) is 25.1 Å². The van der Waals surface area contributed by atoms with E-state index in [1.165, 1.54) is 0 Å². The van der Waals surface area contributed by atoms with E-state index in [0.29, 0.717) is 42.2 Å². The third-order valence-corrected chi connectivity index (χ3v) is 3.58. The molecule has 7 nitrogen and oxygen atoms in total. The molecular weight excluding hydrogens is 308 g/mol. The van der Waals surface area contributed by atoms with Crippen LogP contribution in [0.15, 0.2) is 28.8 Å². The average molecular weight is 323 g/mol. The molecule has 1 aliphatic rings. The van der Waals surface area contributed by atoms with Crippen molar-refractivity contribution < 1.29 is 14.1 Å². The highest BCUT2D eigenvalue weighted by Crippen LogP contribution is 2.23. The third-order valence-electron chi connectivity index (χ3n) is 3.33. The Hall–Kier alpha value is -2.12. The van der Waals surface area contributed by atoms with E-state index in [0.717, 1.165) is 0 Å². The van der Waals surface area contributed by atoms with E-state index in [4.69, 9.17) is 20.9 Å². The molecule has 1 atom stereocenters. The predicted molar refractivity (Wildman–Crippen MR) is 79.8 cm³/mol. The van der Waals surface area contributed by atoms with E-state index in [1.54, 1.807) is 36.1 Å². The number of hydrogen-bond donors (Lipinski definition) is 1. The molecule has 3 rings (SSSR count). The molecule has 0 saturated carbocycles. The number of urea groups is 1. The summed E-state index contributed by atoms with van der Waals surface area (Å²) in [4.78, 5) is 18.3. The number of carbonyl (C=O) groups excluding carboxylic acids is 1. The molecular formula is C14H15ClN4O3. The largest absolute Gasteiger partial charge is 0.377 e. The minimum atomic E-state index is -0.362. The van der Waals surface area contributed by atoms with Gasteiger partial charge in [-0.2, -0.15) is 4.98 Å². The number of amides is 2. The molecule has 1 unspecified atom stereocenters. The first-order valence-corrected chi connectivity index (χ1v) is 7.22. The molecule has 0 radical (unpaired) electrons. The summed E-state index contributed by atoms with van der Waals surface area (Å²) in [5, 5.41) is 7.33. The van der Waals surface area contributed by atoms with Gasteiger partial charge < -0.3 is 19.5 Å². The number of benzene rings is 1. The van der Waals surface area contributed by atoms with Crippen LogP contribution in [0.1, 0.15) is 17.8 Å². The second kappa shape index (κ2) is 6.33. The molecule has 22 heavy (non-hydrogen) atoms. The van der Waals surface area contributed by atoms with Gasteiger partial charge in [0.1, 0.15) is 6.04 Å². The Balaban J connectivity index is 1.75. The molecule has 1 fully saturated rings. The summed E-state index contributed by atoms with van der Waals surface area (Å²) < 4.78 is 10.4. The van der Waals surface area contributed by atoms with Gasteiger partial charge in [0.2, 0.25) is 5.89 Å². The quantitative estimate of drug-likeness (QED) is 0.919. The second-order valence-electron chi connectivity index (χ2n) is 4.89. The Morgan fingerprint density at radius 3 is 2.86 bits per heavy atom. The van der Waals surface area contributed by atoms with Crippen molar-refractivity contribution in [2.45, 2.75) is 13.0 Å². The van der Waals surface area contributed by atoms with Gasteiger partial charge in [0.15, 0.2) is 5.82 Å². The van der Waals surface area contributed by atoms with Crippen molar-refractivity contribution in [3.63, 3.8) is 0 Å². The van der Waals surface area contributed by atoms with Crippen LogP contribution in [0, 0.1) is 6.92 Å². The van der Waals surface area contributed by atoms with Crippen molar-refractivity contribution in [3.8, 4) is 0 Å². The van der Waals surface area contributed by atoms with Crippen molar-refractivity contribution in [3.05, 3.63) is 41.0 Å². The van der Waals surface area contributed by atoms with E-state index in [9.17, 15) is 4.79 Å². The van der Waals surface area contributed by atoms with Gasteiger partial charge >= 0.3 is 6.03 Å². The lowest BCUT2D eigenvalue weighted by Crippen LogP contribution is -2.45. The minimum Gasteiger partial charge on any atom is -0.377 e. The fraction of sp³-hybridized carbons (Fsp3) is 0.357. The number of anilines is 1. The summed E-state index contributed by atoms with van der Waals surface area (Å²) in [6.45, 7) is 2.98. The van der Waals surface area contributed by atoms with Gasteiger partial charge in [0, 0.05) is 24.2 Å². The fourth-order valence-corrected chi connectivity index (χ4v) is 2.37. The topological polar surface area (TPSA) is 80.5 Å². The number of halogens is 1. The van der Waals surface area contributed by atoms with Gasteiger partial charge in [0.05, 0.1) is 13.2 Å². The van der Waals surface area contributed by atoms with Gasteiger partial charge in [-0.05, 0) is 24.3 Å². The lowest BCUT2D eigenvalue weighted by molar-refractivity contribution is 0.0110. The Labute approximate surface area is 132 Å². The smallest absolute Gasteiger partial charge is 0.322 e. The molecule has 2 amide bonds. The molecule has 0 aliphatic carbocycles. The van der Waals surface area contributed by atoms with E-state index in [1.807, 2.05) is 0 Å². The Morgan fingerprint density at radius 2 is 2.18 bits per heavy atom. The molecule has 2 heterocycles. The van der Waals surface area contributed by atoms with Crippen LogP contribution in [0.5, 0.6) is 0 Å². The standard InChI is InChI=1S/C14H15ClN4O3/c1-9-16-13(18-22-9)12-8-21-7-6-19(12)14(20)17-11-4-2-10(15)3-5-11/h2-5,12H,6-8H2,1H3,(H,17,20). The van der Waals surface area contributed by atoms with E-state index in [-0.39, 0.29) is 12.1 Å². The normalized spacial score (nSPS) is 18.3. The Bertz CT molecular complexity index is 658. The highest BCUT2D eigenvalue weighted by Gasteiger charge is 2.32. The van der Waals surface area contributed by atoms with Gasteiger partial charge in [-0.1, -0.05) is 16.8 Å². The van der Waals surface area contributed by atoms with Gasteiger partial charge in [-0.25, -0.2) is 4.79 Å². The summed E-state index contributed by atoms with van der Waals surface area (Å²) in [5.74, 6) is 0.905. The van der Waals surface area contributed by atoms with Crippen LogP contribution >= 0.6 is 11.6 Å². The van der Waals surface area contributed by atoms with Crippen molar-refractivity contribution in [1.29, 1.82) is 0 Å². The molecule has 8 heteroatoms. The van der Waals surface area contributed by atoms with Crippen LogP contribution < -0.4 is 5.32 Å². The first-order valence-electron chi connectivity index (χ1n) is 6.84. The highest BCUT2D eigenvalue weighted by atomic mass is 35.5. The molecule has 1 aromatic carbocycles. The summed E-state index contributed by atoms with van der Waals surface area (Å²) in [6.07, 6.45) is 0. The molecule has 0 spiro atoms. The minimum absolute atomic E-state index is 0.238. The van der Waals surface area contributed by atoms with Gasteiger partial charge in [0.25, 0.3) is 0 Å². The van der Waals surface area contributed by atoms with Gasteiger partial charge in [-0.15, -0.1) is 0 Å². The number of nitrogens with one attached hydrogen (secondary N) is 1. The summed E-state index contributed by atoms with van der Waals surface area (Å²) in [6, 6.07) is 6.33. The average Bonchev–Trinajstić information content (AvgIpc) is 2.96. The maximum absolute atomic E-state index is 12.5. The number of aryl methyl sites for hydroxylation is 1. The molecule has 116 valence electrons. The lowest BCUT2D eigenvalue weighted by Gasteiger charge is -2.33. The first-order chi connectivity index (χ1) is 10.6. The number of ether oxygens (including phenoxy) is 1. The zero-order chi connectivity index (χ0) is 15.5. The summed E-state index contributed by atoms with van der Waals surface area (Å²) >= 11 is 5.84. The highest BCUT2D eigenvalue weighted by molar-refractivity contribution is 6.30. The van der Waals surface area contributed by atoms with E-state index >= 15 is 0 Å². The molecule has 0 bridgehead atoms. The summed E-state index contributed by atoms with van der Waals surface area (Å²) in [5.41, 5.74) is 0.670. The fourth-order valence-electron chi connectivity index (χ4n) is 2.24. The molecule has 1 saturated heterocycles. The molecule has 2 aromatic rings. The Kier molecular flexibility index (Phi) is 4.26. The van der Waals surface area contributed by atoms with Crippen LogP contribution in [0.25, 0.3) is 0 Å². The number of carbonyl (C=O) groups is 1. The molecule has 1 aliphatic heterocycles. The lowest BCUT2D eigenvalue weighted by atomic mass is 10.2. The van der Waals surface area contributed by atoms with Crippen LogP contribution in [0.4, 0.5) is 10.5 Å². The van der Waals surface area contributed by atoms with E-state index in [2.05, 4.69) is 15.5 Å². The van der Waals surface area contributed by atoms with E-state index < -0.39 is 0 Å². The maximum atomic E-state index is 12.5. The summed E-state index contributed by atoms with van der Waals surface area (Å²) in [7, 11) is 0. The van der Waals surface area contributed by atoms with Crippen LogP contribution in [-0.2, 0) is 4.74 Å². The van der Waals surface area contributed by atoms with Crippen LogP contribution in [-0.4, -0.2) is 40.8 Å². The molecule has 1 aromatic heterocycles. The number of aromatic nitrogens is 2. The number of rotatable bonds is 2. The monoisotopic (exact) mass is 322 g/mol. The molecule has 1 N–H and O–H groups in total. The third kappa shape index (κ3) is 3.20. The van der Waals surface area contributed by atoms with Crippen molar-refractivity contribution in [1.82, 2.24) is 15.0 Å². The zero-order valence-corrected chi connectivity index (χ0v) is 12.7. The second-order valence-corrected chi connectivity index (χ2v) is 5.33. The SMILES string of the molecule is Cc1nc(C2COCCN2C(=O)Nc2ccc(Cl)cc2)no1. The van der Waals surface area contributed by atoms with Crippen molar-refractivity contribution >= 4 is 23.3 Å². The Morgan fingerprint density at radius 1 is 1.41 bits per heavy atom. The first kappa shape index (κ1) is 14.8. The van der Waals surface area contributed by atoms with Crippen LogP contribution in [0.3, 0.4) is 0 Å². The van der Waals surface area contributed by atoms with Gasteiger partial charge in [-0.3, -0.25) is 0 Å². The number of nitrogens with zero attached hydrogens (tertiary/aromatic N) is 3. The number of hydrogen-bond acceptors (Lipinski definition) is 5. The maximum Gasteiger partial charge on any atom is 0.322 e.